The summed E-state index contributed by atoms with van der Waals surface area (Å²) in [6, 6.07) is 15.2. The van der Waals surface area contributed by atoms with E-state index in [1.54, 1.807) is 0 Å². The zero-order valence-electron chi connectivity index (χ0n) is 10.5. The number of aliphatic imine (C=N–C) groups is 1. The summed E-state index contributed by atoms with van der Waals surface area (Å²) in [6.07, 6.45) is 0.921. The van der Waals surface area contributed by atoms with E-state index in [9.17, 15) is 0 Å². The molecule has 2 nitrogen and oxygen atoms in total. The summed E-state index contributed by atoms with van der Waals surface area (Å²) in [5, 5.41) is 6.10. The van der Waals surface area contributed by atoms with Crippen LogP contribution in [0.4, 0.5) is 0 Å². The minimum absolute atomic E-state index is 0.914. The molecule has 1 N–H and O–H groups in total. The topological polar surface area (TPSA) is 24.4 Å². The van der Waals surface area contributed by atoms with Crippen molar-refractivity contribution in [2.75, 3.05) is 13.1 Å². The number of amidine groups is 1. The normalized spacial score (nSPS) is 14.8. The molecule has 0 spiro atoms. The Morgan fingerprint density at radius 2 is 1.95 bits per heavy atom. The van der Waals surface area contributed by atoms with Crippen LogP contribution < -0.4 is 5.32 Å². The van der Waals surface area contributed by atoms with Crippen LogP contribution in [0, 0.1) is 0 Å². The van der Waals surface area contributed by atoms with Crippen molar-refractivity contribution in [3.8, 4) is 0 Å². The maximum atomic E-state index is 4.50. The van der Waals surface area contributed by atoms with E-state index in [0.717, 1.165) is 25.3 Å². The molecule has 19 heavy (non-hydrogen) atoms. The van der Waals surface area contributed by atoms with Gasteiger partial charge in [0.2, 0.25) is 0 Å². The molecule has 1 aliphatic heterocycles. The molecule has 1 aliphatic rings. The summed E-state index contributed by atoms with van der Waals surface area (Å²) in [6.45, 7) is 1.90. The van der Waals surface area contributed by atoms with E-state index in [4.69, 9.17) is 0 Å². The lowest BCUT2D eigenvalue weighted by Gasteiger charge is -2.04. The zero-order chi connectivity index (χ0) is 12.7. The van der Waals surface area contributed by atoms with Crippen molar-refractivity contribution in [3.63, 3.8) is 0 Å². The van der Waals surface area contributed by atoms with Crippen molar-refractivity contribution in [1.82, 2.24) is 5.32 Å². The van der Waals surface area contributed by atoms with Crippen molar-refractivity contribution in [2.24, 2.45) is 4.99 Å². The van der Waals surface area contributed by atoms with Crippen LogP contribution in [0.2, 0.25) is 0 Å². The SMILES string of the molecule is c1ccc2c(c1)sc1c(CC3=NCCN3)cccc12. The van der Waals surface area contributed by atoms with Gasteiger partial charge in [-0.05, 0) is 11.6 Å². The van der Waals surface area contributed by atoms with E-state index >= 15 is 0 Å². The van der Waals surface area contributed by atoms with Gasteiger partial charge in [0, 0.05) is 33.1 Å². The van der Waals surface area contributed by atoms with Gasteiger partial charge in [0.05, 0.1) is 6.54 Å². The number of hydrogen-bond acceptors (Lipinski definition) is 3. The Labute approximate surface area is 115 Å². The van der Waals surface area contributed by atoms with Crippen LogP contribution >= 0.6 is 11.3 Å². The highest BCUT2D eigenvalue weighted by atomic mass is 32.1. The molecule has 0 saturated heterocycles. The summed E-state index contributed by atoms with van der Waals surface area (Å²) in [4.78, 5) is 4.50. The average Bonchev–Trinajstić information content (AvgIpc) is 3.06. The molecule has 1 aromatic heterocycles. The van der Waals surface area contributed by atoms with Gasteiger partial charge in [0.25, 0.3) is 0 Å². The van der Waals surface area contributed by atoms with Crippen LogP contribution in [-0.2, 0) is 6.42 Å². The number of benzene rings is 2. The minimum Gasteiger partial charge on any atom is -0.372 e. The number of thiophene rings is 1. The summed E-state index contributed by atoms with van der Waals surface area (Å²) < 4.78 is 2.77. The van der Waals surface area contributed by atoms with Crippen LogP contribution in [0.25, 0.3) is 20.2 Å². The van der Waals surface area contributed by atoms with Crippen LogP contribution in [0.15, 0.2) is 47.5 Å². The molecule has 0 fully saturated rings. The number of fused-ring (bicyclic) bond motifs is 3. The molecule has 2 aromatic carbocycles. The van der Waals surface area contributed by atoms with Crippen molar-refractivity contribution < 1.29 is 0 Å². The van der Waals surface area contributed by atoms with Crippen molar-refractivity contribution >= 4 is 37.3 Å². The fourth-order valence-electron chi connectivity index (χ4n) is 2.69. The van der Waals surface area contributed by atoms with Gasteiger partial charge in [-0.2, -0.15) is 0 Å². The smallest absolute Gasteiger partial charge is 0.101 e. The van der Waals surface area contributed by atoms with E-state index in [0.29, 0.717) is 0 Å². The lowest BCUT2D eigenvalue weighted by atomic mass is 10.1. The molecule has 0 bridgehead atoms. The van der Waals surface area contributed by atoms with E-state index in [1.807, 2.05) is 11.3 Å². The fourth-order valence-corrected chi connectivity index (χ4v) is 3.90. The Morgan fingerprint density at radius 1 is 1.05 bits per heavy atom. The summed E-state index contributed by atoms with van der Waals surface area (Å²) >= 11 is 1.89. The molecular formula is C16H14N2S. The van der Waals surface area contributed by atoms with Crippen LogP contribution in [0.3, 0.4) is 0 Å². The number of rotatable bonds is 2. The molecule has 3 heteroatoms. The summed E-state index contributed by atoms with van der Waals surface area (Å²) in [7, 11) is 0. The average molecular weight is 266 g/mol. The fraction of sp³-hybridized carbons (Fsp3) is 0.188. The Balaban J connectivity index is 1.90. The standard InChI is InChI=1S/C16H14N2S/c1-2-7-14-12(5-1)13-6-3-4-11(16(13)19-14)10-15-17-8-9-18-15/h1-7H,8-10H2,(H,17,18). The monoisotopic (exact) mass is 266 g/mol. The molecule has 3 aromatic rings. The Hall–Kier alpha value is -1.87. The molecule has 0 aliphatic carbocycles. The largest absolute Gasteiger partial charge is 0.372 e. The molecule has 2 heterocycles. The van der Waals surface area contributed by atoms with Crippen molar-refractivity contribution in [1.29, 1.82) is 0 Å². The van der Waals surface area contributed by atoms with Crippen molar-refractivity contribution in [2.45, 2.75) is 6.42 Å². The first-order valence-electron chi connectivity index (χ1n) is 6.58. The first kappa shape index (κ1) is 11.0. The Kier molecular flexibility index (Phi) is 2.52. The highest BCUT2D eigenvalue weighted by molar-refractivity contribution is 7.26. The van der Waals surface area contributed by atoms with Gasteiger partial charge < -0.3 is 5.32 Å². The number of hydrogen-bond donors (Lipinski definition) is 1. The maximum absolute atomic E-state index is 4.50. The van der Waals surface area contributed by atoms with E-state index in [2.05, 4.69) is 52.8 Å². The van der Waals surface area contributed by atoms with E-state index < -0.39 is 0 Å². The second-order valence-corrected chi connectivity index (χ2v) is 5.88. The maximum Gasteiger partial charge on any atom is 0.101 e. The first-order valence-corrected chi connectivity index (χ1v) is 7.40. The highest BCUT2D eigenvalue weighted by Crippen LogP contribution is 2.35. The summed E-state index contributed by atoms with van der Waals surface area (Å²) in [5.41, 5.74) is 1.38. The van der Waals surface area contributed by atoms with Crippen LogP contribution in [0.5, 0.6) is 0 Å². The molecule has 94 valence electrons. The molecular weight excluding hydrogens is 252 g/mol. The summed E-state index contributed by atoms with van der Waals surface area (Å²) in [5.74, 6) is 1.13. The predicted molar refractivity (Wildman–Crippen MR) is 83.3 cm³/mol. The second kappa shape index (κ2) is 4.35. The Morgan fingerprint density at radius 3 is 2.84 bits per heavy atom. The zero-order valence-corrected chi connectivity index (χ0v) is 11.3. The molecule has 4 rings (SSSR count). The van der Waals surface area contributed by atoms with Crippen molar-refractivity contribution in [3.05, 3.63) is 48.0 Å². The Bertz CT molecular complexity index is 786. The highest BCUT2D eigenvalue weighted by Gasteiger charge is 2.11. The molecule has 0 amide bonds. The van der Waals surface area contributed by atoms with Gasteiger partial charge in [0.15, 0.2) is 0 Å². The molecule has 0 unspecified atom stereocenters. The third kappa shape index (κ3) is 1.81. The lowest BCUT2D eigenvalue weighted by Crippen LogP contribution is -2.20. The van der Waals surface area contributed by atoms with Crippen LogP contribution in [-0.4, -0.2) is 18.9 Å². The molecule has 0 saturated carbocycles. The molecule has 0 radical (unpaired) electrons. The second-order valence-electron chi connectivity index (χ2n) is 4.82. The first-order chi connectivity index (χ1) is 9.42. The van der Waals surface area contributed by atoms with Gasteiger partial charge in [-0.25, -0.2) is 0 Å². The van der Waals surface area contributed by atoms with E-state index in [-0.39, 0.29) is 0 Å². The van der Waals surface area contributed by atoms with Crippen LogP contribution in [0.1, 0.15) is 5.56 Å². The number of nitrogens with zero attached hydrogens (tertiary/aromatic N) is 1. The van der Waals surface area contributed by atoms with Gasteiger partial charge in [-0.1, -0.05) is 36.4 Å². The third-order valence-corrected chi connectivity index (χ3v) is 4.85. The van der Waals surface area contributed by atoms with Gasteiger partial charge in [-0.15, -0.1) is 11.3 Å². The van der Waals surface area contributed by atoms with Gasteiger partial charge in [0.1, 0.15) is 5.84 Å². The van der Waals surface area contributed by atoms with Gasteiger partial charge in [-0.3, -0.25) is 4.99 Å². The van der Waals surface area contributed by atoms with E-state index in [1.165, 1.54) is 25.7 Å². The lowest BCUT2D eigenvalue weighted by molar-refractivity contribution is 0.954. The minimum atomic E-state index is 0.914. The molecule has 0 atom stereocenters. The predicted octanol–water partition coefficient (Wildman–Crippen LogP) is 3.60. The quantitative estimate of drug-likeness (QED) is 0.753. The number of nitrogens with one attached hydrogen (secondary N) is 1. The third-order valence-electron chi connectivity index (χ3n) is 3.59. The van der Waals surface area contributed by atoms with Gasteiger partial charge >= 0.3 is 0 Å².